The van der Waals surface area contributed by atoms with Crippen molar-refractivity contribution in [2.24, 2.45) is 0 Å². The van der Waals surface area contributed by atoms with Crippen LogP contribution in [0.25, 0.3) is 11.3 Å². The van der Waals surface area contributed by atoms with Gasteiger partial charge in [0.1, 0.15) is 11.5 Å². The maximum atomic E-state index is 5.39. The molecule has 0 atom stereocenters. The van der Waals surface area contributed by atoms with Crippen molar-refractivity contribution in [2.45, 2.75) is 26.3 Å². The predicted molar refractivity (Wildman–Crippen MR) is 107 cm³/mol. The highest BCUT2D eigenvalue weighted by Gasteiger charge is 2.08. The molecule has 0 unspecified atom stereocenters. The first-order valence-electron chi connectivity index (χ1n) is 9.07. The summed E-state index contributed by atoms with van der Waals surface area (Å²) in [6.45, 7) is 4.65. The van der Waals surface area contributed by atoms with E-state index in [1.54, 1.807) is 12.3 Å². The van der Waals surface area contributed by atoms with E-state index >= 15 is 0 Å². The number of aromatic nitrogens is 5. The van der Waals surface area contributed by atoms with Crippen LogP contribution in [-0.4, -0.2) is 25.3 Å². The zero-order valence-corrected chi connectivity index (χ0v) is 15.7. The second-order valence-electron chi connectivity index (χ2n) is 6.65. The average Bonchev–Trinajstić information content (AvgIpc) is 3.37. The molecule has 3 aromatic heterocycles. The van der Waals surface area contributed by atoms with Crippen LogP contribution in [-0.2, 0) is 6.54 Å². The molecule has 0 aliphatic heterocycles. The van der Waals surface area contributed by atoms with Gasteiger partial charge in [-0.05, 0) is 12.0 Å². The van der Waals surface area contributed by atoms with Crippen LogP contribution in [0.1, 0.15) is 31.2 Å². The Kier molecular flexibility index (Phi) is 5.01. The third kappa shape index (κ3) is 4.17. The number of aromatic amines is 1. The third-order valence-electron chi connectivity index (χ3n) is 4.18. The van der Waals surface area contributed by atoms with Gasteiger partial charge in [-0.1, -0.05) is 49.3 Å². The Morgan fingerprint density at radius 3 is 2.71 bits per heavy atom. The van der Waals surface area contributed by atoms with Crippen LogP contribution in [0.3, 0.4) is 0 Å². The Labute approximate surface area is 162 Å². The van der Waals surface area contributed by atoms with Gasteiger partial charge in [0, 0.05) is 29.6 Å². The van der Waals surface area contributed by atoms with Crippen molar-refractivity contribution in [1.82, 2.24) is 25.3 Å². The lowest BCUT2D eigenvalue weighted by Gasteiger charge is -2.05. The van der Waals surface area contributed by atoms with Crippen molar-refractivity contribution >= 4 is 17.6 Å². The molecule has 3 heterocycles. The highest BCUT2D eigenvalue weighted by molar-refractivity contribution is 5.58. The molecule has 28 heavy (non-hydrogen) atoms. The number of hydrogen-bond acceptors (Lipinski definition) is 7. The van der Waals surface area contributed by atoms with Gasteiger partial charge in [-0.2, -0.15) is 10.1 Å². The highest BCUT2D eigenvalue weighted by atomic mass is 16.5. The molecule has 8 nitrogen and oxygen atoms in total. The van der Waals surface area contributed by atoms with Gasteiger partial charge < -0.3 is 15.2 Å². The monoisotopic (exact) mass is 375 g/mol. The molecule has 3 N–H and O–H groups in total. The van der Waals surface area contributed by atoms with Crippen molar-refractivity contribution in [1.29, 1.82) is 0 Å². The SMILES string of the molecule is CC(C)c1cc(Nc2ccnc(NCc3cc(-c4ccccc4)no3)n2)n[nH]1. The summed E-state index contributed by atoms with van der Waals surface area (Å²) in [6.07, 6.45) is 1.68. The molecule has 0 saturated heterocycles. The fourth-order valence-electron chi connectivity index (χ4n) is 2.65. The lowest BCUT2D eigenvalue weighted by atomic mass is 10.1. The Hall–Kier alpha value is -3.68. The van der Waals surface area contributed by atoms with Gasteiger partial charge >= 0.3 is 0 Å². The number of hydrogen-bond donors (Lipinski definition) is 3. The van der Waals surface area contributed by atoms with Crippen molar-refractivity contribution in [3.05, 3.63) is 66.2 Å². The van der Waals surface area contributed by atoms with Crippen molar-refractivity contribution in [3.8, 4) is 11.3 Å². The van der Waals surface area contributed by atoms with Crippen LogP contribution in [0.5, 0.6) is 0 Å². The Morgan fingerprint density at radius 1 is 1.07 bits per heavy atom. The van der Waals surface area contributed by atoms with Gasteiger partial charge in [-0.3, -0.25) is 5.10 Å². The molecular formula is C20H21N7O. The molecule has 4 rings (SSSR count). The summed E-state index contributed by atoms with van der Waals surface area (Å²) in [5.74, 6) is 2.95. The summed E-state index contributed by atoms with van der Waals surface area (Å²) in [7, 11) is 0. The van der Waals surface area contributed by atoms with E-state index in [9.17, 15) is 0 Å². The molecule has 0 aliphatic rings. The quantitative estimate of drug-likeness (QED) is 0.441. The van der Waals surface area contributed by atoms with Crippen LogP contribution in [0.4, 0.5) is 17.6 Å². The zero-order chi connectivity index (χ0) is 19.3. The number of anilines is 3. The van der Waals surface area contributed by atoms with E-state index in [0.717, 1.165) is 22.8 Å². The first-order chi connectivity index (χ1) is 13.7. The van der Waals surface area contributed by atoms with Crippen molar-refractivity contribution in [2.75, 3.05) is 10.6 Å². The van der Waals surface area contributed by atoms with Gasteiger partial charge in [-0.25, -0.2) is 4.98 Å². The zero-order valence-electron chi connectivity index (χ0n) is 15.7. The summed E-state index contributed by atoms with van der Waals surface area (Å²) in [6, 6.07) is 15.6. The molecule has 0 aliphatic carbocycles. The highest BCUT2D eigenvalue weighted by Crippen LogP contribution is 2.20. The van der Waals surface area contributed by atoms with Crippen LogP contribution < -0.4 is 10.6 Å². The minimum absolute atomic E-state index is 0.383. The summed E-state index contributed by atoms with van der Waals surface area (Å²) in [5.41, 5.74) is 2.88. The average molecular weight is 375 g/mol. The normalized spacial score (nSPS) is 11.0. The molecule has 142 valence electrons. The van der Waals surface area contributed by atoms with Crippen LogP contribution in [0, 0.1) is 0 Å². The van der Waals surface area contributed by atoms with Crippen LogP contribution in [0.15, 0.2) is 59.3 Å². The maximum absolute atomic E-state index is 5.39. The van der Waals surface area contributed by atoms with Gasteiger partial charge in [-0.15, -0.1) is 0 Å². The largest absolute Gasteiger partial charge is 0.359 e. The summed E-state index contributed by atoms with van der Waals surface area (Å²) >= 11 is 0. The molecule has 1 aromatic carbocycles. The molecule has 4 aromatic rings. The van der Waals surface area contributed by atoms with E-state index < -0.39 is 0 Å². The summed E-state index contributed by atoms with van der Waals surface area (Å²) < 4.78 is 5.39. The minimum atomic E-state index is 0.383. The molecular weight excluding hydrogens is 354 g/mol. The van der Waals surface area contributed by atoms with E-state index in [2.05, 4.69) is 49.8 Å². The molecule has 0 saturated carbocycles. The maximum Gasteiger partial charge on any atom is 0.224 e. The number of H-pyrrole nitrogens is 1. The Balaban J connectivity index is 1.39. The fourth-order valence-corrected chi connectivity index (χ4v) is 2.65. The summed E-state index contributed by atoms with van der Waals surface area (Å²) in [4.78, 5) is 8.69. The Bertz CT molecular complexity index is 1040. The smallest absolute Gasteiger partial charge is 0.224 e. The first-order valence-corrected chi connectivity index (χ1v) is 9.07. The number of rotatable bonds is 7. The van der Waals surface area contributed by atoms with Gasteiger partial charge in [0.15, 0.2) is 11.6 Å². The standard InChI is InChI=1S/C20H21N7O/c1-13(2)16-11-19(26-25-16)23-18-8-9-21-20(24-18)22-12-15-10-17(27-28-15)14-6-4-3-5-7-14/h3-11,13H,12H2,1-2H3,(H3,21,22,23,24,25,26). The predicted octanol–water partition coefficient (Wildman–Crippen LogP) is 4.33. The summed E-state index contributed by atoms with van der Waals surface area (Å²) in [5, 5.41) is 17.7. The molecule has 0 spiro atoms. The van der Waals surface area contributed by atoms with Gasteiger partial charge in [0.05, 0.1) is 6.54 Å². The molecule has 0 radical (unpaired) electrons. The molecule has 0 fully saturated rings. The number of nitrogens with zero attached hydrogens (tertiary/aromatic N) is 4. The van der Waals surface area contributed by atoms with E-state index in [-0.39, 0.29) is 0 Å². The molecule has 8 heteroatoms. The van der Waals surface area contributed by atoms with E-state index in [1.807, 2.05) is 42.5 Å². The third-order valence-corrected chi connectivity index (χ3v) is 4.18. The van der Waals surface area contributed by atoms with Gasteiger partial charge in [0.25, 0.3) is 0 Å². The topological polar surface area (TPSA) is 105 Å². The minimum Gasteiger partial charge on any atom is -0.359 e. The number of nitrogens with one attached hydrogen (secondary N) is 3. The second kappa shape index (κ2) is 7.91. The lowest BCUT2D eigenvalue weighted by molar-refractivity contribution is 0.390. The molecule has 0 bridgehead atoms. The van der Waals surface area contributed by atoms with Gasteiger partial charge in [0.2, 0.25) is 5.95 Å². The Morgan fingerprint density at radius 2 is 1.93 bits per heavy atom. The van der Waals surface area contributed by atoms with Crippen molar-refractivity contribution < 1.29 is 4.52 Å². The van der Waals surface area contributed by atoms with E-state index in [4.69, 9.17) is 4.52 Å². The van der Waals surface area contributed by atoms with Crippen LogP contribution in [0.2, 0.25) is 0 Å². The van der Waals surface area contributed by atoms with Crippen LogP contribution >= 0.6 is 0 Å². The lowest BCUT2D eigenvalue weighted by Crippen LogP contribution is -2.04. The second-order valence-corrected chi connectivity index (χ2v) is 6.65. The molecule has 0 amide bonds. The van der Waals surface area contributed by atoms with E-state index in [0.29, 0.717) is 30.0 Å². The first kappa shape index (κ1) is 17.7. The fraction of sp³-hybridized carbons (Fsp3) is 0.200. The number of benzene rings is 1. The van der Waals surface area contributed by atoms with E-state index in [1.165, 1.54) is 0 Å². The van der Waals surface area contributed by atoms with Crippen molar-refractivity contribution in [3.63, 3.8) is 0 Å².